The highest BCUT2D eigenvalue weighted by Crippen LogP contribution is 2.35. The van der Waals surface area contributed by atoms with Gasteiger partial charge in [-0.2, -0.15) is 0 Å². The van der Waals surface area contributed by atoms with Gasteiger partial charge in [0.15, 0.2) is 5.58 Å². The van der Waals surface area contributed by atoms with Crippen molar-refractivity contribution in [1.29, 1.82) is 0 Å². The van der Waals surface area contributed by atoms with Crippen molar-refractivity contribution in [1.82, 2.24) is 0 Å². The summed E-state index contributed by atoms with van der Waals surface area (Å²) in [5, 5.41) is 4.53. The van der Waals surface area contributed by atoms with E-state index in [1.54, 1.807) is 13.2 Å². The van der Waals surface area contributed by atoms with E-state index in [1.807, 2.05) is 36.4 Å². The number of carbonyl (C=O) groups excluding carboxylic acids is 1. The second-order valence-corrected chi connectivity index (χ2v) is 9.46. The Morgan fingerprint density at radius 2 is 1.97 bits per heavy atom. The number of hydrogen-bond donors (Lipinski definition) is 2. The molecule has 7 heteroatoms. The van der Waals surface area contributed by atoms with Crippen molar-refractivity contribution in [2.75, 3.05) is 25.1 Å². The number of anilines is 1. The number of fused-ring (bicyclic) bond motifs is 1. The summed E-state index contributed by atoms with van der Waals surface area (Å²) in [6.07, 6.45) is 4.25. The van der Waals surface area contributed by atoms with Gasteiger partial charge in [-0.15, -0.1) is 0 Å². The monoisotopic (exact) mass is 514 g/mol. The highest BCUT2D eigenvalue weighted by molar-refractivity contribution is 5.96. The van der Waals surface area contributed by atoms with Crippen molar-refractivity contribution in [3.05, 3.63) is 83.6 Å². The average molecular weight is 515 g/mol. The SMILES string of the molecule is CCOC(=O)Cc1ccccc1OCc1coc2c(NCC3CCCO3)cc(-c3cccc(CN)c3)cc12. The van der Waals surface area contributed by atoms with Gasteiger partial charge in [-0.05, 0) is 60.7 Å². The zero-order chi connectivity index (χ0) is 26.3. The van der Waals surface area contributed by atoms with E-state index in [4.69, 9.17) is 24.4 Å². The summed E-state index contributed by atoms with van der Waals surface area (Å²) >= 11 is 0. The molecule has 1 aromatic heterocycles. The first-order valence-electron chi connectivity index (χ1n) is 13.2. The number of furan rings is 1. The molecule has 1 unspecified atom stereocenters. The van der Waals surface area contributed by atoms with Gasteiger partial charge in [0.05, 0.1) is 31.1 Å². The molecular formula is C31H34N2O5. The van der Waals surface area contributed by atoms with Crippen LogP contribution in [0, 0.1) is 0 Å². The summed E-state index contributed by atoms with van der Waals surface area (Å²) < 4.78 is 23.2. The summed E-state index contributed by atoms with van der Waals surface area (Å²) in [5.74, 6) is 0.377. The van der Waals surface area contributed by atoms with Gasteiger partial charge in [0.2, 0.25) is 0 Å². The lowest BCUT2D eigenvalue weighted by atomic mass is 9.99. The molecule has 0 radical (unpaired) electrons. The smallest absolute Gasteiger partial charge is 0.310 e. The first kappa shape index (κ1) is 25.8. The fourth-order valence-electron chi connectivity index (χ4n) is 4.82. The third-order valence-electron chi connectivity index (χ3n) is 6.79. The second-order valence-electron chi connectivity index (χ2n) is 9.46. The van der Waals surface area contributed by atoms with E-state index in [-0.39, 0.29) is 18.5 Å². The van der Waals surface area contributed by atoms with Crippen LogP contribution in [0.5, 0.6) is 5.75 Å². The number of carbonyl (C=O) groups is 1. The van der Waals surface area contributed by atoms with Crippen molar-refractivity contribution in [2.45, 2.75) is 45.4 Å². The van der Waals surface area contributed by atoms with Crippen molar-refractivity contribution < 1.29 is 23.4 Å². The van der Waals surface area contributed by atoms with Crippen LogP contribution in [0.1, 0.15) is 36.5 Å². The van der Waals surface area contributed by atoms with Crippen molar-refractivity contribution >= 4 is 22.6 Å². The molecule has 0 aliphatic carbocycles. The Hall–Kier alpha value is -3.81. The van der Waals surface area contributed by atoms with Crippen LogP contribution in [-0.4, -0.2) is 31.8 Å². The van der Waals surface area contributed by atoms with E-state index in [0.717, 1.165) is 70.5 Å². The van der Waals surface area contributed by atoms with E-state index in [2.05, 4.69) is 29.6 Å². The minimum Gasteiger partial charge on any atom is -0.488 e. The van der Waals surface area contributed by atoms with Gasteiger partial charge in [0, 0.05) is 36.2 Å². The molecule has 0 spiro atoms. The molecule has 2 heterocycles. The van der Waals surface area contributed by atoms with E-state index in [0.29, 0.717) is 25.5 Å². The van der Waals surface area contributed by atoms with Crippen molar-refractivity contribution in [3.8, 4) is 16.9 Å². The molecule has 38 heavy (non-hydrogen) atoms. The Labute approximate surface area is 222 Å². The van der Waals surface area contributed by atoms with E-state index in [9.17, 15) is 4.79 Å². The van der Waals surface area contributed by atoms with Crippen LogP contribution in [0.25, 0.3) is 22.1 Å². The summed E-state index contributed by atoms with van der Waals surface area (Å²) in [6, 6.07) is 20.1. The van der Waals surface area contributed by atoms with E-state index in [1.165, 1.54) is 0 Å². The molecule has 3 aromatic carbocycles. The summed E-state index contributed by atoms with van der Waals surface area (Å²) in [7, 11) is 0. The normalized spacial score (nSPS) is 15.1. The maximum atomic E-state index is 12.1. The molecule has 198 valence electrons. The average Bonchev–Trinajstić information content (AvgIpc) is 3.61. The molecule has 4 aromatic rings. The zero-order valence-corrected chi connectivity index (χ0v) is 21.7. The number of esters is 1. The molecule has 1 saturated heterocycles. The molecule has 1 atom stereocenters. The van der Waals surface area contributed by atoms with Gasteiger partial charge in [-0.3, -0.25) is 4.79 Å². The topological polar surface area (TPSA) is 96.0 Å². The number of benzene rings is 3. The number of para-hydroxylation sites is 1. The highest BCUT2D eigenvalue weighted by Gasteiger charge is 2.19. The number of nitrogens with one attached hydrogen (secondary N) is 1. The van der Waals surface area contributed by atoms with Gasteiger partial charge < -0.3 is 29.7 Å². The fourth-order valence-corrected chi connectivity index (χ4v) is 4.82. The highest BCUT2D eigenvalue weighted by atomic mass is 16.5. The summed E-state index contributed by atoms with van der Waals surface area (Å²) in [4.78, 5) is 12.1. The number of rotatable bonds is 11. The van der Waals surface area contributed by atoms with Crippen LogP contribution in [0.4, 0.5) is 5.69 Å². The van der Waals surface area contributed by atoms with Gasteiger partial charge >= 0.3 is 5.97 Å². The first-order valence-corrected chi connectivity index (χ1v) is 13.2. The maximum absolute atomic E-state index is 12.1. The van der Waals surface area contributed by atoms with Crippen LogP contribution < -0.4 is 15.8 Å². The largest absolute Gasteiger partial charge is 0.488 e. The van der Waals surface area contributed by atoms with Crippen LogP contribution in [-0.2, 0) is 33.8 Å². The van der Waals surface area contributed by atoms with Crippen molar-refractivity contribution in [3.63, 3.8) is 0 Å². The van der Waals surface area contributed by atoms with Crippen LogP contribution in [0.3, 0.4) is 0 Å². The molecule has 0 amide bonds. The third-order valence-corrected chi connectivity index (χ3v) is 6.79. The lowest BCUT2D eigenvalue weighted by molar-refractivity contribution is -0.142. The second kappa shape index (κ2) is 12.2. The lowest BCUT2D eigenvalue weighted by Crippen LogP contribution is -2.18. The number of ether oxygens (including phenoxy) is 3. The first-order chi connectivity index (χ1) is 18.6. The molecule has 3 N–H and O–H groups in total. The van der Waals surface area contributed by atoms with Gasteiger partial charge in [-0.25, -0.2) is 0 Å². The summed E-state index contributed by atoms with van der Waals surface area (Å²) in [5.41, 5.74) is 12.5. The standard InChI is InChI=1S/C31H34N2O5/c1-2-35-30(34)16-23-8-3-4-11-29(23)37-19-25-20-38-31-27(25)14-24(22-9-5-7-21(13-22)17-32)15-28(31)33-18-26-10-6-12-36-26/h3-5,7-9,11,13-15,20,26,33H,2,6,10,12,16-19,32H2,1H3. The number of nitrogens with two attached hydrogens (primary N) is 1. The summed E-state index contributed by atoms with van der Waals surface area (Å²) in [6.45, 7) is 4.46. The van der Waals surface area contributed by atoms with Gasteiger partial charge in [0.1, 0.15) is 12.4 Å². The Morgan fingerprint density at radius 3 is 2.79 bits per heavy atom. The van der Waals surface area contributed by atoms with E-state index >= 15 is 0 Å². The lowest BCUT2D eigenvalue weighted by Gasteiger charge is -2.14. The predicted molar refractivity (Wildman–Crippen MR) is 148 cm³/mol. The fraction of sp³-hybridized carbons (Fsp3) is 0.323. The zero-order valence-electron chi connectivity index (χ0n) is 21.7. The third kappa shape index (κ3) is 6.01. The molecule has 0 saturated carbocycles. The minimum atomic E-state index is -0.274. The van der Waals surface area contributed by atoms with Crippen molar-refractivity contribution in [2.24, 2.45) is 5.73 Å². The Bertz CT molecular complexity index is 1390. The molecule has 1 fully saturated rings. The molecule has 0 bridgehead atoms. The van der Waals surface area contributed by atoms with E-state index < -0.39 is 0 Å². The minimum absolute atomic E-state index is 0.162. The maximum Gasteiger partial charge on any atom is 0.310 e. The van der Waals surface area contributed by atoms with Crippen LogP contribution >= 0.6 is 0 Å². The van der Waals surface area contributed by atoms with Crippen LogP contribution in [0.2, 0.25) is 0 Å². The molecule has 7 nitrogen and oxygen atoms in total. The molecular weight excluding hydrogens is 480 g/mol. The molecule has 1 aliphatic rings. The Balaban J connectivity index is 1.45. The Kier molecular flexibility index (Phi) is 8.26. The quantitative estimate of drug-likeness (QED) is 0.243. The molecule has 1 aliphatic heterocycles. The predicted octanol–water partition coefficient (Wildman–Crippen LogP) is 5.83. The Morgan fingerprint density at radius 1 is 1.08 bits per heavy atom. The van der Waals surface area contributed by atoms with Crippen LogP contribution in [0.15, 0.2) is 71.3 Å². The van der Waals surface area contributed by atoms with Gasteiger partial charge in [-0.1, -0.05) is 36.4 Å². The number of hydrogen-bond acceptors (Lipinski definition) is 7. The molecule has 5 rings (SSSR count). The van der Waals surface area contributed by atoms with Gasteiger partial charge in [0.25, 0.3) is 0 Å².